The minimum atomic E-state index is -2.90. The molecule has 5 nitrogen and oxygen atoms in total. The van der Waals surface area contributed by atoms with Gasteiger partial charge in [-0.1, -0.05) is 26.0 Å². The number of amidine groups is 1. The Bertz CT molecular complexity index is 730. The minimum absolute atomic E-state index is 0.0343. The van der Waals surface area contributed by atoms with E-state index in [1.54, 1.807) is 12.2 Å². The van der Waals surface area contributed by atoms with Crippen LogP contribution in [-0.2, 0) is 9.53 Å². The van der Waals surface area contributed by atoms with E-state index in [2.05, 4.69) is 10.3 Å². The van der Waals surface area contributed by atoms with Gasteiger partial charge < -0.3 is 15.8 Å². The zero-order valence-electron chi connectivity index (χ0n) is 18.0. The number of nitrogens with one attached hydrogen (secondary N) is 1. The van der Waals surface area contributed by atoms with Crippen molar-refractivity contribution in [1.29, 1.82) is 0 Å². The summed E-state index contributed by atoms with van der Waals surface area (Å²) in [5.41, 5.74) is 7.59. The van der Waals surface area contributed by atoms with E-state index in [-0.39, 0.29) is 24.3 Å². The van der Waals surface area contributed by atoms with E-state index in [4.69, 9.17) is 10.5 Å². The second kappa shape index (κ2) is 11.5. The standard InChI is InChI=1S/C22H33F2N3O2/c1-6-10-16(21(28)26-18-12-9-13-22(18,23)24)20(25)27-19(15(4)5)17(11-7-2)29-14-8-3/h8,10-11,14,18H,6-7,9,12-13H2,1-5H3,(H2,25,27)(H,26,28)/b14-8-,16-10-,17-11+. The largest absolute Gasteiger partial charge is 0.463 e. The quantitative estimate of drug-likeness (QED) is 0.182. The summed E-state index contributed by atoms with van der Waals surface area (Å²) in [6, 6.07) is -1.18. The number of rotatable bonds is 9. The topological polar surface area (TPSA) is 76.7 Å². The predicted octanol–water partition coefficient (Wildman–Crippen LogP) is 5.12. The molecule has 29 heavy (non-hydrogen) atoms. The lowest BCUT2D eigenvalue weighted by Gasteiger charge is -2.21. The SMILES string of the molecule is C/C=C\O/C(=C/CC)C(N=C(N)/C(=C/CC)C(=O)NC1CCCC1(F)F)=C(C)C. The van der Waals surface area contributed by atoms with Crippen LogP contribution in [0.2, 0.25) is 0 Å². The van der Waals surface area contributed by atoms with Gasteiger partial charge in [0.1, 0.15) is 17.3 Å². The molecule has 1 rings (SSSR count). The number of carbonyl (C=O) groups excluding carboxylic acids is 1. The summed E-state index contributed by atoms with van der Waals surface area (Å²) < 4.78 is 33.5. The predicted molar refractivity (Wildman–Crippen MR) is 113 cm³/mol. The number of hydrogen-bond donors (Lipinski definition) is 2. The number of alkyl halides is 2. The highest BCUT2D eigenvalue weighted by atomic mass is 19.3. The number of carbonyl (C=O) groups is 1. The van der Waals surface area contributed by atoms with Crippen LogP contribution in [-0.4, -0.2) is 23.7 Å². The van der Waals surface area contributed by atoms with Gasteiger partial charge in [-0.15, -0.1) is 0 Å². The molecule has 0 aliphatic heterocycles. The summed E-state index contributed by atoms with van der Waals surface area (Å²) in [5, 5.41) is 2.43. The van der Waals surface area contributed by atoms with Crippen LogP contribution in [0.4, 0.5) is 8.78 Å². The number of halogens is 2. The lowest BCUT2D eigenvalue weighted by molar-refractivity contribution is -0.120. The Hall–Kier alpha value is -2.44. The molecule has 1 amide bonds. The summed E-state index contributed by atoms with van der Waals surface area (Å²) in [5.74, 6) is -3.05. The highest BCUT2D eigenvalue weighted by molar-refractivity contribution is 6.20. The van der Waals surface area contributed by atoms with Crippen molar-refractivity contribution in [3.63, 3.8) is 0 Å². The van der Waals surface area contributed by atoms with Crippen LogP contribution in [0.5, 0.6) is 0 Å². The second-order valence-corrected chi connectivity index (χ2v) is 7.11. The summed E-state index contributed by atoms with van der Waals surface area (Å²) in [6.07, 6.45) is 8.37. The first-order valence-corrected chi connectivity index (χ1v) is 10.1. The molecule has 0 radical (unpaired) electrons. The lowest BCUT2D eigenvalue weighted by Crippen LogP contribution is -2.45. The van der Waals surface area contributed by atoms with Crippen molar-refractivity contribution >= 4 is 11.7 Å². The van der Waals surface area contributed by atoms with E-state index < -0.39 is 17.9 Å². The van der Waals surface area contributed by atoms with Gasteiger partial charge in [-0.05, 0) is 58.1 Å². The van der Waals surface area contributed by atoms with Gasteiger partial charge in [0.25, 0.3) is 11.8 Å². The van der Waals surface area contributed by atoms with Gasteiger partial charge in [-0.3, -0.25) is 4.79 Å². The molecule has 1 fully saturated rings. The van der Waals surface area contributed by atoms with E-state index in [1.807, 2.05) is 40.7 Å². The lowest BCUT2D eigenvalue weighted by atomic mass is 10.1. The molecule has 0 heterocycles. The molecule has 1 aliphatic carbocycles. The van der Waals surface area contributed by atoms with Crippen LogP contribution < -0.4 is 11.1 Å². The Balaban J connectivity index is 3.21. The molecular weight excluding hydrogens is 376 g/mol. The molecule has 0 saturated heterocycles. The molecule has 0 bridgehead atoms. The fraction of sp³-hybridized carbons (Fsp3) is 0.545. The van der Waals surface area contributed by atoms with Gasteiger partial charge in [-0.2, -0.15) is 0 Å². The molecule has 1 atom stereocenters. The number of nitrogens with zero attached hydrogens (tertiary/aromatic N) is 1. The molecule has 0 spiro atoms. The normalized spacial score (nSPS) is 20.1. The van der Waals surface area contributed by atoms with Crippen molar-refractivity contribution in [1.82, 2.24) is 5.32 Å². The van der Waals surface area contributed by atoms with Crippen molar-refractivity contribution in [2.75, 3.05) is 0 Å². The van der Waals surface area contributed by atoms with E-state index >= 15 is 0 Å². The number of hydrogen-bond acceptors (Lipinski definition) is 3. The number of aliphatic imine (C=N–C) groups is 1. The second-order valence-electron chi connectivity index (χ2n) is 7.11. The van der Waals surface area contributed by atoms with Crippen molar-refractivity contribution < 1.29 is 18.3 Å². The Morgan fingerprint density at radius 1 is 1.28 bits per heavy atom. The molecule has 7 heteroatoms. The third-order valence-corrected chi connectivity index (χ3v) is 4.41. The third-order valence-electron chi connectivity index (χ3n) is 4.41. The zero-order valence-corrected chi connectivity index (χ0v) is 18.0. The molecule has 0 aromatic heterocycles. The Morgan fingerprint density at radius 2 is 1.93 bits per heavy atom. The molecule has 1 saturated carbocycles. The first-order chi connectivity index (χ1) is 13.7. The van der Waals surface area contributed by atoms with Crippen LogP contribution in [0, 0.1) is 0 Å². The van der Waals surface area contributed by atoms with Gasteiger partial charge in [0.15, 0.2) is 0 Å². The maximum atomic E-state index is 13.9. The summed E-state index contributed by atoms with van der Waals surface area (Å²) >= 11 is 0. The van der Waals surface area contributed by atoms with Gasteiger partial charge >= 0.3 is 0 Å². The van der Waals surface area contributed by atoms with E-state index in [9.17, 15) is 13.6 Å². The van der Waals surface area contributed by atoms with Crippen LogP contribution in [0.3, 0.4) is 0 Å². The zero-order chi connectivity index (χ0) is 22.0. The first kappa shape index (κ1) is 24.6. The summed E-state index contributed by atoms with van der Waals surface area (Å²) in [6.45, 7) is 9.35. The number of allylic oxidation sites excluding steroid dienone is 4. The fourth-order valence-corrected chi connectivity index (χ4v) is 2.98. The number of nitrogens with two attached hydrogens (primary N) is 1. The third kappa shape index (κ3) is 7.15. The number of ether oxygens (including phenoxy) is 1. The van der Waals surface area contributed by atoms with Crippen molar-refractivity contribution in [3.05, 3.63) is 47.1 Å². The minimum Gasteiger partial charge on any atom is -0.463 e. The highest BCUT2D eigenvalue weighted by Gasteiger charge is 2.44. The van der Waals surface area contributed by atoms with Gasteiger partial charge in [0, 0.05) is 6.42 Å². The molecule has 0 aromatic rings. The molecule has 0 aromatic carbocycles. The molecule has 3 N–H and O–H groups in total. The number of amides is 1. The van der Waals surface area contributed by atoms with E-state index in [1.165, 1.54) is 6.26 Å². The van der Waals surface area contributed by atoms with E-state index in [0.29, 0.717) is 30.7 Å². The average Bonchev–Trinajstić information content (AvgIpc) is 2.98. The maximum absolute atomic E-state index is 13.9. The van der Waals surface area contributed by atoms with E-state index in [0.717, 1.165) is 5.57 Å². The van der Waals surface area contributed by atoms with Crippen LogP contribution in [0.1, 0.15) is 66.7 Å². The van der Waals surface area contributed by atoms with Crippen LogP contribution >= 0.6 is 0 Å². The molecule has 162 valence electrons. The monoisotopic (exact) mass is 409 g/mol. The fourth-order valence-electron chi connectivity index (χ4n) is 2.98. The Labute approximate surface area is 172 Å². The average molecular weight is 410 g/mol. The van der Waals surface area contributed by atoms with Crippen LogP contribution in [0.25, 0.3) is 0 Å². The molecule has 1 aliphatic rings. The maximum Gasteiger partial charge on any atom is 0.267 e. The Morgan fingerprint density at radius 3 is 2.41 bits per heavy atom. The van der Waals surface area contributed by atoms with Crippen molar-refractivity contribution in [3.8, 4) is 0 Å². The van der Waals surface area contributed by atoms with Gasteiger partial charge in [-0.25, -0.2) is 13.8 Å². The first-order valence-electron chi connectivity index (χ1n) is 10.1. The molecule has 1 unspecified atom stereocenters. The van der Waals surface area contributed by atoms with Gasteiger partial charge in [0.05, 0.1) is 17.9 Å². The summed E-state index contributed by atoms with van der Waals surface area (Å²) in [7, 11) is 0. The van der Waals surface area contributed by atoms with Crippen LogP contribution in [0.15, 0.2) is 52.1 Å². The molecular formula is C22H33F2N3O2. The van der Waals surface area contributed by atoms with Gasteiger partial charge in [0.2, 0.25) is 0 Å². The Kier molecular flexibility index (Phi) is 9.78. The highest BCUT2D eigenvalue weighted by Crippen LogP contribution is 2.35. The van der Waals surface area contributed by atoms with Crippen molar-refractivity contribution in [2.24, 2.45) is 10.7 Å². The van der Waals surface area contributed by atoms with Crippen molar-refractivity contribution in [2.45, 2.75) is 78.7 Å². The smallest absolute Gasteiger partial charge is 0.267 e. The summed E-state index contributed by atoms with van der Waals surface area (Å²) in [4.78, 5) is 17.1.